The second-order valence-electron chi connectivity index (χ2n) is 6.51. The molecule has 0 bridgehead atoms. The number of aryl methyl sites for hydroxylation is 1. The minimum atomic E-state index is 0.342. The molecule has 1 fully saturated rings. The molecule has 0 radical (unpaired) electrons. The predicted molar refractivity (Wildman–Crippen MR) is 85.3 cm³/mol. The Morgan fingerprint density at radius 3 is 2.57 bits per heavy atom. The number of nitrogens with zero attached hydrogens (tertiary/aromatic N) is 3. The first-order chi connectivity index (χ1) is 10.1. The summed E-state index contributed by atoms with van der Waals surface area (Å²) in [6.45, 7) is 11.7. The highest BCUT2D eigenvalue weighted by Crippen LogP contribution is 2.15. The van der Waals surface area contributed by atoms with E-state index in [9.17, 15) is 0 Å². The fourth-order valence-electron chi connectivity index (χ4n) is 2.94. The number of morpholine rings is 1. The van der Waals surface area contributed by atoms with Crippen molar-refractivity contribution in [2.45, 2.75) is 39.3 Å². The highest BCUT2D eigenvalue weighted by Gasteiger charge is 2.22. The molecular formula is C16H30N4O. The zero-order valence-electron chi connectivity index (χ0n) is 13.9. The third-order valence-corrected chi connectivity index (χ3v) is 4.19. The lowest BCUT2D eigenvalue weighted by Gasteiger charge is -2.36. The minimum Gasteiger partial charge on any atom is -0.379 e. The van der Waals surface area contributed by atoms with Gasteiger partial charge in [0.25, 0.3) is 0 Å². The smallest absolute Gasteiger partial charge is 0.0594 e. The topological polar surface area (TPSA) is 42.3 Å². The summed E-state index contributed by atoms with van der Waals surface area (Å²) in [6, 6.07) is 0.933. The van der Waals surface area contributed by atoms with Gasteiger partial charge in [0.05, 0.1) is 19.4 Å². The summed E-state index contributed by atoms with van der Waals surface area (Å²) in [4.78, 5) is 2.58. The van der Waals surface area contributed by atoms with Crippen LogP contribution in [-0.4, -0.2) is 53.6 Å². The van der Waals surface area contributed by atoms with Crippen LogP contribution in [-0.2, 0) is 11.8 Å². The molecule has 1 aromatic heterocycles. The molecule has 0 saturated carbocycles. The van der Waals surface area contributed by atoms with Gasteiger partial charge >= 0.3 is 0 Å². The molecule has 2 heterocycles. The maximum Gasteiger partial charge on any atom is 0.0594 e. The largest absolute Gasteiger partial charge is 0.379 e. The molecule has 0 spiro atoms. The van der Waals surface area contributed by atoms with Crippen molar-refractivity contribution in [1.82, 2.24) is 20.0 Å². The van der Waals surface area contributed by atoms with E-state index in [1.807, 2.05) is 17.9 Å². The standard InChI is InChI=1S/C16H30N4O/c1-13(2)9-16(20-5-7-21-8-6-20)11-17-14(3)15-10-18-19(4)12-15/h10,12-14,16-17H,5-9,11H2,1-4H3. The molecule has 21 heavy (non-hydrogen) atoms. The number of rotatable bonds is 7. The van der Waals surface area contributed by atoms with Gasteiger partial charge in [0.15, 0.2) is 0 Å². The van der Waals surface area contributed by atoms with E-state index >= 15 is 0 Å². The summed E-state index contributed by atoms with van der Waals surface area (Å²) in [5, 5.41) is 7.93. The predicted octanol–water partition coefficient (Wildman–Crippen LogP) is 1.82. The van der Waals surface area contributed by atoms with Crippen molar-refractivity contribution in [3.05, 3.63) is 18.0 Å². The number of nitrogens with one attached hydrogen (secondary N) is 1. The van der Waals surface area contributed by atoms with Crippen molar-refractivity contribution >= 4 is 0 Å². The Bertz CT molecular complexity index is 412. The monoisotopic (exact) mass is 294 g/mol. The summed E-state index contributed by atoms with van der Waals surface area (Å²) in [7, 11) is 1.96. The van der Waals surface area contributed by atoms with Crippen LogP contribution in [0, 0.1) is 5.92 Å². The number of ether oxygens (including phenoxy) is 1. The summed E-state index contributed by atoms with van der Waals surface area (Å²) in [6.07, 6.45) is 5.26. The van der Waals surface area contributed by atoms with E-state index in [0.717, 1.165) is 32.8 Å². The summed E-state index contributed by atoms with van der Waals surface area (Å²) < 4.78 is 7.34. The van der Waals surface area contributed by atoms with E-state index in [1.165, 1.54) is 12.0 Å². The quantitative estimate of drug-likeness (QED) is 0.833. The third kappa shape index (κ3) is 5.09. The molecule has 5 heteroatoms. The lowest BCUT2D eigenvalue weighted by atomic mass is 10.0. The van der Waals surface area contributed by atoms with E-state index in [-0.39, 0.29) is 0 Å². The first-order valence-corrected chi connectivity index (χ1v) is 8.10. The zero-order valence-corrected chi connectivity index (χ0v) is 13.9. The van der Waals surface area contributed by atoms with E-state index in [1.54, 1.807) is 0 Å². The third-order valence-electron chi connectivity index (χ3n) is 4.19. The summed E-state index contributed by atoms with van der Waals surface area (Å²) in [5.74, 6) is 0.716. The average Bonchev–Trinajstić information content (AvgIpc) is 2.90. The van der Waals surface area contributed by atoms with Crippen LogP contribution in [0.4, 0.5) is 0 Å². The van der Waals surface area contributed by atoms with E-state index < -0.39 is 0 Å². The second kappa shape index (κ2) is 7.92. The van der Waals surface area contributed by atoms with Crippen LogP contribution in [0.15, 0.2) is 12.4 Å². The fraction of sp³-hybridized carbons (Fsp3) is 0.812. The van der Waals surface area contributed by atoms with Gasteiger partial charge in [0, 0.05) is 50.5 Å². The molecule has 1 N–H and O–H groups in total. The number of aromatic nitrogens is 2. The van der Waals surface area contributed by atoms with Gasteiger partial charge in [-0.15, -0.1) is 0 Å². The van der Waals surface area contributed by atoms with Gasteiger partial charge in [-0.25, -0.2) is 0 Å². The molecule has 1 aliphatic rings. The van der Waals surface area contributed by atoms with Crippen LogP contribution in [0.5, 0.6) is 0 Å². The van der Waals surface area contributed by atoms with Crippen LogP contribution in [0.25, 0.3) is 0 Å². The van der Waals surface area contributed by atoms with Gasteiger partial charge in [-0.1, -0.05) is 13.8 Å². The second-order valence-corrected chi connectivity index (χ2v) is 6.51. The number of hydrogen-bond acceptors (Lipinski definition) is 4. The van der Waals surface area contributed by atoms with Gasteiger partial charge in [0.2, 0.25) is 0 Å². The summed E-state index contributed by atoms with van der Waals surface area (Å²) in [5.41, 5.74) is 1.25. The molecule has 0 amide bonds. The highest BCUT2D eigenvalue weighted by molar-refractivity contribution is 5.08. The van der Waals surface area contributed by atoms with Crippen LogP contribution in [0.2, 0.25) is 0 Å². The molecule has 0 aliphatic carbocycles. The van der Waals surface area contributed by atoms with Crippen molar-refractivity contribution in [3.8, 4) is 0 Å². The van der Waals surface area contributed by atoms with Crippen molar-refractivity contribution < 1.29 is 4.74 Å². The molecule has 2 rings (SSSR count). The van der Waals surface area contributed by atoms with Crippen LogP contribution in [0.1, 0.15) is 38.8 Å². The lowest BCUT2D eigenvalue weighted by molar-refractivity contribution is 0.0119. The lowest BCUT2D eigenvalue weighted by Crippen LogP contribution is -2.48. The highest BCUT2D eigenvalue weighted by atomic mass is 16.5. The molecular weight excluding hydrogens is 264 g/mol. The van der Waals surface area contributed by atoms with Gasteiger partial charge in [-0.3, -0.25) is 9.58 Å². The molecule has 1 saturated heterocycles. The first kappa shape index (κ1) is 16.5. The molecule has 120 valence electrons. The average molecular weight is 294 g/mol. The van der Waals surface area contributed by atoms with Crippen molar-refractivity contribution in [3.63, 3.8) is 0 Å². The molecule has 2 unspecified atom stereocenters. The Balaban J connectivity index is 1.88. The van der Waals surface area contributed by atoms with Crippen molar-refractivity contribution in [1.29, 1.82) is 0 Å². The maximum atomic E-state index is 5.48. The van der Waals surface area contributed by atoms with E-state index in [4.69, 9.17) is 4.74 Å². The minimum absolute atomic E-state index is 0.342. The van der Waals surface area contributed by atoms with Crippen molar-refractivity contribution in [2.24, 2.45) is 13.0 Å². The van der Waals surface area contributed by atoms with E-state index in [0.29, 0.717) is 18.0 Å². The van der Waals surface area contributed by atoms with Gasteiger partial charge in [-0.05, 0) is 19.3 Å². The number of hydrogen-bond donors (Lipinski definition) is 1. The van der Waals surface area contributed by atoms with Crippen molar-refractivity contribution in [2.75, 3.05) is 32.8 Å². The van der Waals surface area contributed by atoms with Crippen LogP contribution < -0.4 is 5.32 Å². The molecule has 1 aromatic rings. The molecule has 5 nitrogen and oxygen atoms in total. The van der Waals surface area contributed by atoms with E-state index in [2.05, 4.69) is 42.3 Å². The summed E-state index contributed by atoms with van der Waals surface area (Å²) >= 11 is 0. The van der Waals surface area contributed by atoms with Gasteiger partial charge in [-0.2, -0.15) is 5.10 Å². The molecule has 0 aromatic carbocycles. The zero-order chi connectivity index (χ0) is 15.2. The molecule has 2 atom stereocenters. The normalized spacial score (nSPS) is 19.9. The van der Waals surface area contributed by atoms with Crippen LogP contribution in [0.3, 0.4) is 0 Å². The Kier molecular flexibility index (Phi) is 6.21. The van der Waals surface area contributed by atoms with Crippen LogP contribution >= 0.6 is 0 Å². The Morgan fingerprint density at radius 1 is 1.29 bits per heavy atom. The Morgan fingerprint density at radius 2 is 2.00 bits per heavy atom. The Labute approximate surface area is 128 Å². The maximum absolute atomic E-state index is 5.48. The molecule has 1 aliphatic heterocycles. The fourth-order valence-corrected chi connectivity index (χ4v) is 2.94. The van der Waals surface area contributed by atoms with Gasteiger partial charge < -0.3 is 10.1 Å². The van der Waals surface area contributed by atoms with Gasteiger partial charge in [0.1, 0.15) is 0 Å². The Hall–Kier alpha value is -0.910. The SMILES string of the molecule is CC(C)CC(CNC(C)c1cnn(C)c1)N1CCOCC1. The first-order valence-electron chi connectivity index (χ1n) is 8.10.